The van der Waals surface area contributed by atoms with Crippen LogP contribution in [0.1, 0.15) is 52.4 Å². The Morgan fingerprint density at radius 1 is 1.47 bits per heavy atom. The molecule has 17 heavy (non-hydrogen) atoms. The summed E-state index contributed by atoms with van der Waals surface area (Å²) in [5.74, 6) is 0.239. The highest BCUT2D eigenvalue weighted by Gasteiger charge is 2.27. The van der Waals surface area contributed by atoms with Gasteiger partial charge in [0, 0.05) is 13.0 Å². The van der Waals surface area contributed by atoms with E-state index in [2.05, 4.69) is 6.92 Å². The average molecular weight is 239 g/mol. The van der Waals surface area contributed by atoms with Crippen LogP contribution in [-0.2, 0) is 4.79 Å². The van der Waals surface area contributed by atoms with E-state index in [1.165, 1.54) is 12.8 Å². The van der Waals surface area contributed by atoms with Crippen LogP contribution < -0.4 is 0 Å². The van der Waals surface area contributed by atoms with Crippen molar-refractivity contribution in [3.63, 3.8) is 0 Å². The molecule has 0 aromatic rings. The molecule has 3 heteroatoms. The Morgan fingerprint density at radius 3 is 2.88 bits per heavy atom. The minimum atomic E-state index is -0.351. The highest BCUT2D eigenvalue weighted by atomic mass is 16.3. The first-order chi connectivity index (χ1) is 8.19. The summed E-state index contributed by atoms with van der Waals surface area (Å²) in [6, 6.07) is 0.202. The van der Waals surface area contributed by atoms with Crippen molar-refractivity contribution in [3.05, 3.63) is 12.2 Å². The number of hydrogen-bond donors (Lipinski definition) is 1. The van der Waals surface area contributed by atoms with Gasteiger partial charge in [-0.2, -0.15) is 0 Å². The van der Waals surface area contributed by atoms with E-state index in [0.717, 1.165) is 25.8 Å². The first-order valence-corrected chi connectivity index (χ1v) is 6.84. The number of hydrogen-bond acceptors (Lipinski definition) is 2. The predicted octanol–water partition coefficient (Wildman–Crippen LogP) is 2.49. The SMILES string of the molecule is CCCCCC(O)/C=C/C1CCC(=O)N1CC. The second-order valence-electron chi connectivity index (χ2n) is 4.73. The van der Waals surface area contributed by atoms with Gasteiger partial charge in [-0.1, -0.05) is 38.3 Å². The van der Waals surface area contributed by atoms with Crippen molar-refractivity contribution in [2.75, 3.05) is 6.54 Å². The van der Waals surface area contributed by atoms with Crippen LogP contribution in [0.25, 0.3) is 0 Å². The molecule has 0 radical (unpaired) electrons. The monoisotopic (exact) mass is 239 g/mol. The maximum Gasteiger partial charge on any atom is 0.223 e. The van der Waals surface area contributed by atoms with Crippen LogP contribution in [0.4, 0.5) is 0 Å². The van der Waals surface area contributed by atoms with Gasteiger partial charge >= 0.3 is 0 Å². The molecule has 0 bridgehead atoms. The van der Waals surface area contributed by atoms with Crippen molar-refractivity contribution in [1.82, 2.24) is 4.90 Å². The van der Waals surface area contributed by atoms with Gasteiger partial charge < -0.3 is 10.0 Å². The molecule has 0 aromatic heterocycles. The van der Waals surface area contributed by atoms with Gasteiger partial charge in [0.05, 0.1) is 12.1 Å². The molecule has 1 aliphatic rings. The summed E-state index contributed by atoms with van der Waals surface area (Å²) >= 11 is 0. The fourth-order valence-electron chi connectivity index (χ4n) is 2.32. The third-order valence-corrected chi connectivity index (χ3v) is 3.37. The minimum absolute atomic E-state index is 0.202. The molecule has 1 fully saturated rings. The predicted molar refractivity (Wildman–Crippen MR) is 69.7 cm³/mol. The van der Waals surface area contributed by atoms with Gasteiger partial charge in [0.15, 0.2) is 0 Å². The Hall–Kier alpha value is -0.830. The van der Waals surface area contributed by atoms with E-state index in [1.54, 1.807) is 0 Å². The Balaban J connectivity index is 2.34. The lowest BCUT2D eigenvalue weighted by Crippen LogP contribution is -2.31. The van der Waals surface area contributed by atoms with Gasteiger partial charge in [-0.15, -0.1) is 0 Å². The molecule has 0 saturated carbocycles. The summed E-state index contributed by atoms with van der Waals surface area (Å²) in [4.78, 5) is 13.4. The van der Waals surface area contributed by atoms with Crippen molar-refractivity contribution in [2.45, 2.75) is 64.5 Å². The molecule has 3 nitrogen and oxygen atoms in total. The number of nitrogens with zero attached hydrogens (tertiary/aromatic N) is 1. The van der Waals surface area contributed by atoms with Crippen LogP contribution in [0.5, 0.6) is 0 Å². The van der Waals surface area contributed by atoms with Crippen molar-refractivity contribution >= 4 is 5.91 Å². The summed E-state index contributed by atoms with van der Waals surface area (Å²) in [5, 5.41) is 9.77. The Kier molecular flexibility index (Phi) is 6.27. The third-order valence-electron chi connectivity index (χ3n) is 3.37. The summed E-state index contributed by atoms with van der Waals surface area (Å²) in [7, 11) is 0. The Labute approximate surface area is 105 Å². The number of likely N-dealkylation sites (tertiary alicyclic amines) is 1. The van der Waals surface area contributed by atoms with Crippen molar-refractivity contribution in [1.29, 1.82) is 0 Å². The third kappa shape index (κ3) is 4.50. The van der Waals surface area contributed by atoms with Crippen molar-refractivity contribution < 1.29 is 9.90 Å². The number of unbranched alkanes of at least 4 members (excludes halogenated alkanes) is 2. The normalized spacial score (nSPS) is 22.6. The lowest BCUT2D eigenvalue weighted by Gasteiger charge is -2.20. The molecule has 1 N–H and O–H groups in total. The molecule has 0 spiro atoms. The number of carbonyl (C=O) groups excluding carboxylic acids is 1. The Bertz CT molecular complexity index is 263. The van der Waals surface area contributed by atoms with Crippen LogP contribution in [0.2, 0.25) is 0 Å². The molecule has 98 valence electrons. The summed E-state index contributed by atoms with van der Waals surface area (Å²) in [6.07, 6.45) is 9.31. The van der Waals surface area contributed by atoms with Gasteiger partial charge in [-0.25, -0.2) is 0 Å². The van der Waals surface area contributed by atoms with E-state index in [9.17, 15) is 9.90 Å². The van der Waals surface area contributed by atoms with Crippen molar-refractivity contribution in [3.8, 4) is 0 Å². The fourth-order valence-corrected chi connectivity index (χ4v) is 2.32. The smallest absolute Gasteiger partial charge is 0.223 e. The van der Waals surface area contributed by atoms with Crippen LogP contribution >= 0.6 is 0 Å². The number of amides is 1. The standard InChI is InChI=1S/C14H25NO2/c1-3-5-6-7-13(16)10-8-12-9-11-14(17)15(12)4-2/h8,10,12-13,16H,3-7,9,11H2,1-2H3/b10-8+. The average Bonchev–Trinajstić information content (AvgIpc) is 2.67. The quantitative estimate of drug-likeness (QED) is 0.548. The van der Waals surface area contributed by atoms with Gasteiger partial charge in [0.25, 0.3) is 0 Å². The second kappa shape index (κ2) is 7.49. The minimum Gasteiger partial charge on any atom is -0.389 e. The molecule has 1 rings (SSSR count). The fraction of sp³-hybridized carbons (Fsp3) is 0.786. The number of aliphatic hydroxyl groups excluding tert-OH is 1. The summed E-state index contributed by atoms with van der Waals surface area (Å²) in [6.45, 7) is 4.92. The molecule has 1 heterocycles. The van der Waals surface area contributed by atoms with Crippen LogP contribution in [0, 0.1) is 0 Å². The van der Waals surface area contributed by atoms with Gasteiger partial charge in [-0.05, 0) is 19.8 Å². The van der Waals surface area contributed by atoms with Gasteiger partial charge in [-0.3, -0.25) is 4.79 Å². The lowest BCUT2D eigenvalue weighted by molar-refractivity contribution is -0.128. The number of aliphatic hydroxyl groups is 1. The maximum atomic E-state index is 11.5. The molecular weight excluding hydrogens is 214 g/mol. The molecule has 0 aromatic carbocycles. The topological polar surface area (TPSA) is 40.5 Å². The summed E-state index contributed by atoms with van der Waals surface area (Å²) < 4.78 is 0. The molecular formula is C14H25NO2. The van der Waals surface area contributed by atoms with Crippen LogP contribution in [-0.4, -0.2) is 34.6 Å². The lowest BCUT2D eigenvalue weighted by atomic mass is 10.1. The molecule has 2 atom stereocenters. The molecule has 0 aliphatic carbocycles. The summed E-state index contributed by atoms with van der Waals surface area (Å²) in [5.41, 5.74) is 0. The van der Waals surface area contributed by atoms with Crippen molar-refractivity contribution in [2.24, 2.45) is 0 Å². The van der Waals surface area contributed by atoms with E-state index in [0.29, 0.717) is 6.42 Å². The number of likely N-dealkylation sites (N-methyl/N-ethyl adjacent to an activating group) is 1. The largest absolute Gasteiger partial charge is 0.389 e. The molecule has 1 amide bonds. The molecule has 1 aliphatic heterocycles. The second-order valence-corrected chi connectivity index (χ2v) is 4.73. The van der Waals surface area contributed by atoms with E-state index >= 15 is 0 Å². The number of carbonyl (C=O) groups is 1. The van der Waals surface area contributed by atoms with E-state index in [1.807, 2.05) is 24.0 Å². The first-order valence-electron chi connectivity index (χ1n) is 6.84. The highest BCUT2D eigenvalue weighted by Crippen LogP contribution is 2.19. The van der Waals surface area contributed by atoms with Crippen LogP contribution in [0.15, 0.2) is 12.2 Å². The van der Waals surface area contributed by atoms with E-state index in [4.69, 9.17) is 0 Å². The van der Waals surface area contributed by atoms with E-state index < -0.39 is 0 Å². The van der Waals surface area contributed by atoms with Crippen LogP contribution in [0.3, 0.4) is 0 Å². The zero-order chi connectivity index (χ0) is 12.7. The molecule has 2 unspecified atom stereocenters. The zero-order valence-corrected chi connectivity index (χ0v) is 11.1. The molecule has 1 saturated heterocycles. The maximum absolute atomic E-state index is 11.5. The zero-order valence-electron chi connectivity index (χ0n) is 11.1. The Morgan fingerprint density at radius 2 is 2.24 bits per heavy atom. The van der Waals surface area contributed by atoms with Gasteiger partial charge in [0.1, 0.15) is 0 Å². The van der Waals surface area contributed by atoms with E-state index in [-0.39, 0.29) is 18.1 Å². The first kappa shape index (κ1) is 14.2. The van der Waals surface area contributed by atoms with Gasteiger partial charge in [0.2, 0.25) is 5.91 Å². The highest BCUT2D eigenvalue weighted by molar-refractivity contribution is 5.79. The number of rotatable bonds is 7.